The van der Waals surface area contributed by atoms with Crippen LogP contribution in [0, 0.1) is 6.92 Å². The SMILES string of the molecule is COc1cc(NC(=O)N(Cc2ccc(C)o2)C2CCN(C(C)=O)CC2)cc(OC)c1. The second-order valence-corrected chi connectivity index (χ2v) is 7.41. The van der Waals surface area contributed by atoms with Crippen LogP contribution in [0.5, 0.6) is 11.5 Å². The van der Waals surface area contributed by atoms with Gasteiger partial charge >= 0.3 is 6.03 Å². The summed E-state index contributed by atoms with van der Waals surface area (Å²) < 4.78 is 16.3. The molecule has 3 rings (SSSR count). The zero-order valence-corrected chi connectivity index (χ0v) is 17.9. The number of benzene rings is 1. The average Bonchev–Trinajstić information content (AvgIpc) is 3.16. The fourth-order valence-corrected chi connectivity index (χ4v) is 3.67. The molecule has 8 nitrogen and oxygen atoms in total. The Morgan fingerprint density at radius 2 is 1.77 bits per heavy atom. The van der Waals surface area contributed by atoms with Crippen LogP contribution in [0.2, 0.25) is 0 Å². The first kappa shape index (κ1) is 21.5. The molecule has 0 unspecified atom stereocenters. The number of rotatable bonds is 6. The van der Waals surface area contributed by atoms with Crippen LogP contribution in [0.1, 0.15) is 31.3 Å². The maximum absolute atomic E-state index is 13.2. The molecule has 2 aromatic rings. The second-order valence-electron chi connectivity index (χ2n) is 7.41. The van der Waals surface area contributed by atoms with Crippen molar-refractivity contribution in [2.45, 2.75) is 39.3 Å². The van der Waals surface area contributed by atoms with Gasteiger partial charge in [0.05, 0.1) is 20.8 Å². The van der Waals surface area contributed by atoms with Gasteiger partial charge in [0.15, 0.2) is 0 Å². The highest BCUT2D eigenvalue weighted by atomic mass is 16.5. The van der Waals surface area contributed by atoms with Gasteiger partial charge in [-0.3, -0.25) is 4.79 Å². The number of nitrogens with zero attached hydrogens (tertiary/aromatic N) is 2. The molecular weight excluding hydrogens is 386 g/mol. The van der Waals surface area contributed by atoms with Crippen LogP contribution in [0.15, 0.2) is 34.7 Å². The van der Waals surface area contributed by atoms with E-state index in [-0.39, 0.29) is 18.0 Å². The lowest BCUT2D eigenvalue weighted by Crippen LogP contribution is -2.49. The second kappa shape index (κ2) is 9.56. The maximum atomic E-state index is 13.2. The first-order valence-corrected chi connectivity index (χ1v) is 10.0. The van der Waals surface area contributed by atoms with Gasteiger partial charge in [-0.05, 0) is 31.9 Å². The van der Waals surface area contributed by atoms with Crippen molar-refractivity contribution in [3.05, 3.63) is 41.9 Å². The number of anilines is 1. The van der Waals surface area contributed by atoms with Gasteiger partial charge in [-0.15, -0.1) is 0 Å². The molecular formula is C22H29N3O5. The van der Waals surface area contributed by atoms with E-state index in [1.165, 1.54) is 0 Å². The van der Waals surface area contributed by atoms with Crippen molar-refractivity contribution in [2.75, 3.05) is 32.6 Å². The van der Waals surface area contributed by atoms with Crippen LogP contribution in [0.25, 0.3) is 0 Å². The molecule has 0 spiro atoms. The smallest absolute Gasteiger partial charge is 0.322 e. The third-order valence-electron chi connectivity index (χ3n) is 5.34. The number of carbonyl (C=O) groups is 2. The van der Waals surface area contributed by atoms with E-state index in [4.69, 9.17) is 13.9 Å². The summed E-state index contributed by atoms with van der Waals surface area (Å²) in [5, 5.41) is 2.95. The summed E-state index contributed by atoms with van der Waals surface area (Å²) >= 11 is 0. The number of hydrogen-bond donors (Lipinski definition) is 1. The molecule has 1 aromatic heterocycles. The normalized spacial score (nSPS) is 14.3. The number of methoxy groups -OCH3 is 2. The largest absolute Gasteiger partial charge is 0.497 e. The van der Waals surface area contributed by atoms with Crippen molar-refractivity contribution in [3.8, 4) is 11.5 Å². The quantitative estimate of drug-likeness (QED) is 0.779. The number of amides is 3. The predicted molar refractivity (Wildman–Crippen MR) is 113 cm³/mol. The topological polar surface area (TPSA) is 84.3 Å². The monoisotopic (exact) mass is 415 g/mol. The summed E-state index contributed by atoms with van der Waals surface area (Å²) in [6.07, 6.45) is 1.43. The number of piperidine rings is 1. The van der Waals surface area contributed by atoms with Crippen LogP contribution >= 0.6 is 0 Å². The summed E-state index contributed by atoms with van der Waals surface area (Å²) in [7, 11) is 3.13. The van der Waals surface area contributed by atoms with Gasteiger partial charge in [0.1, 0.15) is 23.0 Å². The molecule has 0 atom stereocenters. The third-order valence-corrected chi connectivity index (χ3v) is 5.34. The predicted octanol–water partition coefficient (Wildman–Crippen LogP) is 3.65. The molecule has 0 bridgehead atoms. The standard InChI is InChI=1S/C22H29N3O5/c1-15-5-6-19(30-15)14-25(18-7-9-24(10-8-18)16(2)26)22(27)23-17-11-20(28-3)13-21(12-17)29-4/h5-6,11-13,18H,7-10,14H2,1-4H3,(H,23,27). The molecule has 8 heteroatoms. The van der Waals surface area contributed by atoms with E-state index < -0.39 is 0 Å². The van der Waals surface area contributed by atoms with Gasteiger partial charge in [0.25, 0.3) is 0 Å². The van der Waals surface area contributed by atoms with E-state index in [1.807, 2.05) is 24.0 Å². The highest BCUT2D eigenvalue weighted by molar-refractivity contribution is 5.90. The minimum atomic E-state index is -0.236. The lowest BCUT2D eigenvalue weighted by atomic mass is 10.0. The van der Waals surface area contributed by atoms with E-state index in [0.29, 0.717) is 49.7 Å². The Morgan fingerprint density at radius 1 is 1.13 bits per heavy atom. The van der Waals surface area contributed by atoms with Crippen molar-refractivity contribution in [1.29, 1.82) is 0 Å². The van der Waals surface area contributed by atoms with E-state index in [0.717, 1.165) is 11.5 Å². The first-order valence-electron chi connectivity index (χ1n) is 10.0. The first-order chi connectivity index (χ1) is 14.4. The van der Waals surface area contributed by atoms with Gasteiger partial charge in [-0.25, -0.2) is 4.79 Å². The Hall–Kier alpha value is -3.16. The molecule has 1 aromatic carbocycles. The zero-order chi connectivity index (χ0) is 21.7. The molecule has 1 aliphatic rings. The number of hydrogen-bond acceptors (Lipinski definition) is 5. The lowest BCUT2D eigenvalue weighted by Gasteiger charge is -2.38. The van der Waals surface area contributed by atoms with E-state index in [1.54, 1.807) is 44.2 Å². The number of nitrogens with one attached hydrogen (secondary N) is 1. The molecule has 1 aliphatic heterocycles. The fraction of sp³-hybridized carbons (Fsp3) is 0.455. The molecule has 2 heterocycles. The van der Waals surface area contributed by atoms with Crippen LogP contribution in [0.3, 0.4) is 0 Å². The molecule has 30 heavy (non-hydrogen) atoms. The summed E-state index contributed by atoms with van der Waals surface area (Å²) in [5.41, 5.74) is 0.581. The van der Waals surface area contributed by atoms with Gasteiger partial charge < -0.3 is 29.0 Å². The molecule has 0 aliphatic carbocycles. The highest BCUT2D eigenvalue weighted by Crippen LogP contribution is 2.27. The van der Waals surface area contributed by atoms with Crippen LogP contribution in [0.4, 0.5) is 10.5 Å². The van der Waals surface area contributed by atoms with Crippen molar-refractivity contribution < 1.29 is 23.5 Å². The summed E-state index contributed by atoms with van der Waals surface area (Å²) in [6.45, 7) is 5.07. The Balaban J connectivity index is 1.79. The Morgan fingerprint density at radius 3 is 2.27 bits per heavy atom. The summed E-state index contributed by atoms with van der Waals surface area (Å²) in [6, 6.07) is 8.77. The molecule has 1 N–H and O–H groups in total. The van der Waals surface area contributed by atoms with Crippen molar-refractivity contribution in [2.24, 2.45) is 0 Å². The van der Waals surface area contributed by atoms with Crippen molar-refractivity contribution in [3.63, 3.8) is 0 Å². The third kappa shape index (κ3) is 5.25. The number of likely N-dealkylation sites (tertiary alicyclic amines) is 1. The van der Waals surface area contributed by atoms with Gasteiger partial charge in [-0.2, -0.15) is 0 Å². The number of ether oxygens (including phenoxy) is 2. The van der Waals surface area contributed by atoms with Crippen LogP contribution in [-0.2, 0) is 11.3 Å². The van der Waals surface area contributed by atoms with Gasteiger partial charge in [-0.1, -0.05) is 0 Å². The highest BCUT2D eigenvalue weighted by Gasteiger charge is 2.29. The van der Waals surface area contributed by atoms with Crippen LogP contribution in [-0.4, -0.2) is 55.1 Å². The molecule has 0 radical (unpaired) electrons. The Kier molecular flexibility index (Phi) is 6.87. The lowest BCUT2D eigenvalue weighted by molar-refractivity contribution is -0.130. The van der Waals surface area contributed by atoms with E-state index >= 15 is 0 Å². The summed E-state index contributed by atoms with van der Waals surface area (Å²) in [4.78, 5) is 28.5. The fourth-order valence-electron chi connectivity index (χ4n) is 3.67. The van der Waals surface area contributed by atoms with E-state index in [2.05, 4.69) is 5.32 Å². The number of aryl methyl sites for hydroxylation is 1. The van der Waals surface area contributed by atoms with Gasteiger partial charge in [0.2, 0.25) is 5.91 Å². The van der Waals surface area contributed by atoms with Gasteiger partial charge in [0, 0.05) is 49.9 Å². The molecule has 0 saturated carbocycles. The van der Waals surface area contributed by atoms with E-state index in [9.17, 15) is 9.59 Å². The van der Waals surface area contributed by atoms with Crippen molar-refractivity contribution >= 4 is 17.6 Å². The Labute approximate surface area is 176 Å². The number of carbonyl (C=O) groups excluding carboxylic acids is 2. The minimum absolute atomic E-state index is 0.00138. The number of urea groups is 1. The molecule has 3 amide bonds. The Bertz CT molecular complexity index is 864. The molecule has 1 saturated heterocycles. The molecule has 1 fully saturated rings. The van der Waals surface area contributed by atoms with Crippen molar-refractivity contribution in [1.82, 2.24) is 9.80 Å². The zero-order valence-electron chi connectivity index (χ0n) is 17.9. The summed E-state index contributed by atoms with van der Waals surface area (Å²) in [5.74, 6) is 2.77. The minimum Gasteiger partial charge on any atom is -0.497 e. The average molecular weight is 415 g/mol. The van der Waals surface area contributed by atoms with Crippen LogP contribution < -0.4 is 14.8 Å². The number of furan rings is 1. The molecule has 162 valence electrons. The maximum Gasteiger partial charge on any atom is 0.322 e.